The van der Waals surface area contributed by atoms with Crippen LogP contribution in [0.15, 0.2) is 84.9 Å². The third-order valence-electron chi connectivity index (χ3n) is 5.69. The Hall–Kier alpha value is -3.99. The third kappa shape index (κ3) is 5.09. The van der Waals surface area contributed by atoms with Gasteiger partial charge in [0, 0.05) is 30.2 Å². The molecular weight excluding hydrogens is 410 g/mol. The fourth-order valence-corrected chi connectivity index (χ4v) is 4.06. The highest BCUT2D eigenvalue weighted by Crippen LogP contribution is 2.29. The van der Waals surface area contributed by atoms with E-state index in [2.05, 4.69) is 10.3 Å². The molecule has 1 heterocycles. The monoisotopic (exact) mass is 437 g/mol. The number of nitrogens with zero attached hydrogens (tertiary/aromatic N) is 2. The number of hydrogen-bond acceptors (Lipinski definition) is 3. The number of aryl methyl sites for hydroxylation is 1. The van der Waals surface area contributed by atoms with Crippen LogP contribution in [0.2, 0.25) is 0 Å². The molecule has 166 valence electrons. The Balaban J connectivity index is 1.77. The van der Waals surface area contributed by atoms with Gasteiger partial charge in [0.15, 0.2) is 0 Å². The number of anilines is 1. The van der Waals surface area contributed by atoms with Gasteiger partial charge in [-0.3, -0.25) is 14.6 Å². The van der Waals surface area contributed by atoms with Gasteiger partial charge in [0.05, 0.1) is 17.1 Å². The lowest BCUT2D eigenvalue weighted by molar-refractivity contribution is -0.114. The molecule has 0 saturated carbocycles. The first-order chi connectivity index (χ1) is 15.9. The highest BCUT2D eigenvalue weighted by atomic mass is 16.2. The maximum Gasteiger partial charge on any atom is 0.255 e. The number of carbonyl (C=O) groups is 2. The summed E-state index contributed by atoms with van der Waals surface area (Å²) in [6, 6.07) is 27.0. The predicted molar refractivity (Wildman–Crippen MR) is 132 cm³/mol. The summed E-state index contributed by atoms with van der Waals surface area (Å²) in [6.07, 6.45) is 0. The normalized spacial score (nSPS) is 11.7. The van der Waals surface area contributed by atoms with Crippen molar-refractivity contribution in [1.82, 2.24) is 9.88 Å². The summed E-state index contributed by atoms with van der Waals surface area (Å²) >= 11 is 0. The van der Waals surface area contributed by atoms with E-state index in [9.17, 15) is 9.59 Å². The molecule has 5 nitrogen and oxygen atoms in total. The molecule has 1 aromatic heterocycles. The van der Waals surface area contributed by atoms with E-state index in [4.69, 9.17) is 0 Å². The molecule has 1 N–H and O–H groups in total. The Bertz CT molecular complexity index is 1300. The molecule has 3 aromatic carbocycles. The molecule has 0 aliphatic rings. The van der Waals surface area contributed by atoms with Crippen LogP contribution in [0.3, 0.4) is 0 Å². The summed E-state index contributed by atoms with van der Waals surface area (Å²) in [5, 5.41) is 3.67. The SMILES string of the molecule is CC(=O)Nc1cccc([C@@H](C)N(Cc2ccccc2)C(=O)c2cc(C)nc3ccccc23)c1. The summed E-state index contributed by atoms with van der Waals surface area (Å²) < 4.78 is 0. The van der Waals surface area contributed by atoms with Gasteiger partial charge < -0.3 is 10.2 Å². The number of fused-ring (bicyclic) bond motifs is 1. The van der Waals surface area contributed by atoms with E-state index in [1.807, 2.05) is 104 Å². The van der Waals surface area contributed by atoms with Gasteiger partial charge in [0.2, 0.25) is 5.91 Å². The van der Waals surface area contributed by atoms with Gasteiger partial charge in [-0.1, -0.05) is 60.7 Å². The molecule has 0 radical (unpaired) electrons. The first kappa shape index (κ1) is 22.2. The molecule has 2 amide bonds. The van der Waals surface area contributed by atoms with Gasteiger partial charge in [-0.25, -0.2) is 0 Å². The topological polar surface area (TPSA) is 62.3 Å². The van der Waals surface area contributed by atoms with E-state index in [0.29, 0.717) is 17.8 Å². The number of benzene rings is 3. The zero-order chi connectivity index (χ0) is 23.4. The van der Waals surface area contributed by atoms with Crippen molar-refractivity contribution in [2.24, 2.45) is 0 Å². The van der Waals surface area contributed by atoms with Crippen LogP contribution in [-0.2, 0) is 11.3 Å². The number of hydrogen-bond donors (Lipinski definition) is 1. The molecule has 0 unspecified atom stereocenters. The largest absolute Gasteiger partial charge is 0.328 e. The number of carbonyl (C=O) groups excluding carboxylic acids is 2. The van der Waals surface area contributed by atoms with E-state index < -0.39 is 0 Å². The lowest BCUT2D eigenvalue weighted by Crippen LogP contribution is -2.33. The van der Waals surface area contributed by atoms with Crippen molar-refractivity contribution in [2.75, 3.05) is 5.32 Å². The summed E-state index contributed by atoms with van der Waals surface area (Å²) in [5.74, 6) is -0.186. The number of aromatic nitrogens is 1. The lowest BCUT2D eigenvalue weighted by atomic mass is 10.0. The number of para-hydroxylation sites is 1. The van der Waals surface area contributed by atoms with Crippen molar-refractivity contribution < 1.29 is 9.59 Å². The highest BCUT2D eigenvalue weighted by Gasteiger charge is 2.25. The molecule has 4 aromatic rings. The van der Waals surface area contributed by atoms with Crippen LogP contribution >= 0.6 is 0 Å². The van der Waals surface area contributed by atoms with Crippen LogP contribution in [0.1, 0.15) is 47.1 Å². The standard InChI is InChI=1S/C28H27N3O2/c1-19-16-26(25-14-7-8-15-27(25)29-19)28(33)31(18-22-10-5-4-6-11-22)20(2)23-12-9-13-24(17-23)30-21(3)32/h4-17,20H,18H2,1-3H3,(H,30,32)/t20-/m1/s1. The van der Waals surface area contributed by atoms with Gasteiger partial charge in [0.1, 0.15) is 0 Å². The Morgan fingerprint density at radius 1 is 0.939 bits per heavy atom. The molecule has 0 bridgehead atoms. The van der Waals surface area contributed by atoms with Crippen LogP contribution in [0.25, 0.3) is 10.9 Å². The number of rotatable bonds is 6. The first-order valence-electron chi connectivity index (χ1n) is 11.0. The third-order valence-corrected chi connectivity index (χ3v) is 5.69. The summed E-state index contributed by atoms with van der Waals surface area (Å²) in [7, 11) is 0. The Labute approximate surface area is 194 Å². The molecule has 33 heavy (non-hydrogen) atoms. The summed E-state index contributed by atoms with van der Waals surface area (Å²) in [4.78, 5) is 32.0. The Morgan fingerprint density at radius 3 is 2.42 bits per heavy atom. The van der Waals surface area contributed by atoms with Crippen molar-refractivity contribution in [1.29, 1.82) is 0 Å². The fourth-order valence-electron chi connectivity index (χ4n) is 4.06. The van der Waals surface area contributed by atoms with E-state index in [-0.39, 0.29) is 17.9 Å². The zero-order valence-corrected chi connectivity index (χ0v) is 19.1. The van der Waals surface area contributed by atoms with Gasteiger partial charge >= 0.3 is 0 Å². The lowest BCUT2D eigenvalue weighted by Gasteiger charge is -2.31. The zero-order valence-electron chi connectivity index (χ0n) is 19.1. The molecule has 0 spiro atoms. The van der Waals surface area contributed by atoms with Crippen LogP contribution in [0.5, 0.6) is 0 Å². The first-order valence-corrected chi connectivity index (χ1v) is 11.0. The van der Waals surface area contributed by atoms with E-state index in [1.165, 1.54) is 6.92 Å². The molecule has 4 rings (SSSR count). The van der Waals surface area contributed by atoms with Crippen molar-refractivity contribution in [3.05, 3.63) is 107 Å². The van der Waals surface area contributed by atoms with Gasteiger partial charge in [-0.05, 0) is 49.2 Å². The number of nitrogens with one attached hydrogen (secondary N) is 1. The second-order valence-electron chi connectivity index (χ2n) is 8.23. The second-order valence-corrected chi connectivity index (χ2v) is 8.23. The molecule has 1 atom stereocenters. The van der Waals surface area contributed by atoms with Crippen molar-refractivity contribution in [3.63, 3.8) is 0 Å². The van der Waals surface area contributed by atoms with Gasteiger partial charge in [-0.15, -0.1) is 0 Å². The van der Waals surface area contributed by atoms with Crippen molar-refractivity contribution >= 4 is 28.4 Å². The average molecular weight is 438 g/mol. The minimum Gasteiger partial charge on any atom is -0.328 e. The van der Waals surface area contributed by atoms with E-state index >= 15 is 0 Å². The molecule has 0 aliphatic carbocycles. The van der Waals surface area contributed by atoms with Crippen molar-refractivity contribution in [3.8, 4) is 0 Å². The van der Waals surface area contributed by atoms with Crippen LogP contribution < -0.4 is 5.32 Å². The Kier molecular flexibility index (Phi) is 6.50. The molecule has 0 aliphatic heterocycles. The minimum absolute atomic E-state index is 0.0574. The maximum absolute atomic E-state index is 14.0. The van der Waals surface area contributed by atoms with Crippen LogP contribution in [0.4, 0.5) is 5.69 Å². The number of pyridine rings is 1. The quantitative estimate of drug-likeness (QED) is 0.408. The van der Waals surface area contributed by atoms with Crippen LogP contribution in [0, 0.1) is 6.92 Å². The predicted octanol–water partition coefficient (Wildman–Crippen LogP) is 5.91. The Morgan fingerprint density at radius 2 is 1.67 bits per heavy atom. The fraction of sp³-hybridized carbons (Fsp3) is 0.179. The summed E-state index contributed by atoms with van der Waals surface area (Å²) in [5.41, 5.74) is 4.95. The van der Waals surface area contributed by atoms with Gasteiger partial charge in [0.25, 0.3) is 5.91 Å². The highest BCUT2D eigenvalue weighted by molar-refractivity contribution is 6.06. The average Bonchev–Trinajstić information content (AvgIpc) is 2.81. The minimum atomic E-state index is -0.223. The van der Waals surface area contributed by atoms with E-state index in [1.54, 1.807) is 0 Å². The second kappa shape index (κ2) is 9.65. The van der Waals surface area contributed by atoms with Gasteiger partial charge in [-0.2, -0.15) is 0 Å². The number of amides is 2. The van der Waals surface area contributed by atoms with E-state index in [0.717, 1.165) is 27.7 Å². The molecular formula is C28H27N3O2. The molecule has 5 heteroatoms. The maximum atomic E-state index is 14.0. The molecule has 0 fully saturated rings. The van der Waals surface area contributed by atoms with Crippen molar-refractivity contribution in [2.45, 2.75) is 33.4 Å². The van der Waals surface area contributed by atoms with Crippen LogP contribution in [-0.4, -0.2) is 21.7 Å². The smallest absolute Gasteiger partial charge is 0.255 e. The summed E-state index contributed by atoms with van der Waals surface area (Å²) in [6.45, 7) is 5.87. The molecule has 0 saturated heterocycles.